The smallest absolute Gasteiger partial charge is 0.255 e. The number of rotatable bonds is 5. The second kappa shape index (κ2) is 8.01. The number of carbonyl (C=O) groups is 1. The summed E-state index contributed by atoms with van der Waals surface area (Å²) in [4.78, 5) is 12.8. The fraction of sp³-hybridized carbons (Fsp3) is 0.136. The third-order valence-corrected chi connectivity index (χ3v) is 6.28. The predicted octanol–water partition coefficient (Wildman–Crippen LogP) is 4.71. The quantitative estimate of drug-likeness (QED) is 0.621. The minimum atomic E-state index is -3.33. The van der Waals surface area contributed by atoms with Crippen molar-refractivity contribution in [2.75, 3.05) is 22.4 Å². The molecule has 1 amide bonds. The summed E-state index contributed by atoms with van der Waals surface area (Å²) in [5.74, 6) is 0.633. The van der Waals surface area contributed by atoms with E-state index >= 15 is 0 Å². The molecule has 0 saturated carbocycles. The normalized spacial score (nSPS) is 13.1. The summed E-state index contributed by atoms with van der Waals surface area (Å²) in [7, 11) is -3.33. The van der Waals surface area contributed by atoms with Gasteiger partial charge in [-0.25, -0.2) is 8.42 Å². The van der Waals surface area contributed by atoms with Crippen LogP contribution in [0.5, 0.6) is 11.5 Å². The molecular weight excluding hydrogens is 424 g/mol. The lowest BCUT2D eigenvalue weighted by molar-refractivity contribution is 0.102. The number of sulfonamides is 1. The van der Waals surface area contributed by atoms with Gasteiger partial charge in [-0.1, -0.05) is 35.9 Å². The number of nitrogens with one attached hydrogen (secondary N) is 1. The lowest BCUT2D eigenvalue weighted by Crippen LogP contribution is -2.27. The van der Waals surface area contributed by atoms with E-state index in [9.17, 15) is 13.2 Å². The Morgan fingerprint density at radius 1 is 1.03 bits per heavy atom. The van der Waals surface area contributed by atoms with Crippen LogP contribution in [0.4, 0.5) is 11.4 Å². The molecule has 0 aromatic heterocycles. The molecule has 1 aliphatic rings. The number of benzene rings is 3. The van der Waals surface area contributed by atoms with Crippen LogP contribution in [0.15, 0.2) is 66.7 Å². The number of para-hydroxylation sites is 3. The highest BCUT2D eigenvalue weighted by atomic mass is 35.5. The summed E-state index contributed by atoms with van der Waals surface area (Å²) in [6, 6.07) is 19.2. The van der Waals surface area contributed by atoms with E-state index in [1.807, 2.05) is 12.1 Å². The average molecular weight is 443 g/mol. The van der Waals surface area contributed by atoms with Crippen LogP contribution in [0, 0.1) is 0 Å². The van der Waals surface area contributed by atoms with E-state index in [-0.39, 0.29) is 5.91 Å². The van der Waals surface area contributed by atoms with Gasteiger partial charge in [-0.2, -0.15) is 0 Å². The largest absolute Gasteiger partial charge is 0.454 e. The zero-order valence-electron chi connectivity index (χ0n) is 16.1. The number of halogens is 1. The second-order valence-corrected chi connectivity index (χ2v) is 9.23. The van der Waals surface area contributed by atoms with Crippen molar-refractivity contribution < 1.29 is 17.9 Å². The van der Waals surface area contributed by atoms with Gasteiger partial charge in [-0.05, 0) is 54.4 Å². The van der Waals surface area contributed by atoms with Crippen LogP contribution < -0.4 is 14.4 Å². The zero-order chi connectivity index (χ0) is 21.3. The number of hydrogen-bond donors (Lipinski definition) is 1. The van der Waals surface area contributed by atoms with E-state index < -0.39 is 10.0 Å². The molecule has 0 saturated heterocycles. The Balaban J connectivity index is 1.56. The van der Waals surface area contributed by atoms with E-state index in [1.165, 1.54) is 10.6 Å². The number of ether oxygens (including phenoxy) is 1. The van der Waals surface area contributed by atoms with Gasteiger partial charge in [0.25, 0.3) is 5.91 Å². The first-order chi connectivity index (χ1) is 14.3. The number of nitrogens with zero attached hydrogens (tertiary/aromatic N) is 1. The van der Waals surface area contributed by atoms with Crippen molar-refractivity contribution in [2.45, 2.75) is 6.42 Å². The van der Waals surface area contributed by atoms with Crippen LogP contribution in [0.3, 0.4) is 0 Å². The number of carbonyl (C=O) groups excluding carboxylic acids is 1. The third-order valence-electron chi connectivity index (χ3n) is 4.79. The summed E-state index contributed by atoms with van der Waals surface area (Å²) < 4.78 is 31.0. The van der Waals surface area contributed by atoms with E-state index in [1.54, 1.807) is 54.6 Å². The Morgan fingerprint density at radius 2 is 1.73 bits per heavy atom. The molecule has 0 unspecified atom stereocenters. The maximum absolute atomic E-state index is 12.8. The lowest BCUT2D eigenvalue weighted by atomic mass is 10.1. The van der Waals surface area contributed by atoms with Crippen LogP contribution in [0.1, 0.15) is 15.9 Å². The maximum Gasteiger partial charge on any atom is 0.255 e. The van der Waals surface area contributed by atoms with E-state index in [2.05, 4.69) is 5.32 Å². The van der Waals surface area contributed by atoms with E-state index in [0.29, 0.717) is 46.4 Å². The summed E-state index contributed by atoms with van der Waals surface area (Å²) in [5, 5.41) is 3.33. The Labute approximate surface area is 180 Å². The first kappa shape index (κ1) is 20.3. The molecule has 6 nitrogen and oxygen atoms in total. The van der Waals surface area contributed by atoms with Gasteiger partial charge in [0.15, 0.2) is 5.75 Å². The molecule has 1 heterocycles. The molecule has 0 bridgehead atoms. The van der Waals surface area contributed by atoms with Crippen LogP contribution >= 0.6 is 11.6 Å². The van der Waals surface area contributed by atoms with Crippen LogP contribution in [-0.2, 0) is 16.4 Å². The maximum atomic E-state index is 12.8. The fourth-order valence-electron chi connectivity index (χ4n) is 3.36. The Bertz CT molecular complexity index is 1230. The Hall–Kier alpha value is -3.03. The van der Waals surface area contributed by atoms with Gasteiger partial charge < -0.3 is 10.1 Å². The van der Waals surface area contributed by atoms with Crippen molar-refractivity contribution in [3.8, 4) is 11.5 Å². The highest BCUT2D eigenvalue weighted by Gasteiger charge is 2.26. The van der Waals surface area contributed by atoms with Gasteiger partial charge in [0, 0.05) is 12.1 Å². The van der Waals surface area contributed by atoms with Crippen LogP contribution in [0.2, 0.25) is 5.02 Å². The molecule has 0 atom stereocenters. The lowest BCUT2D eigenvalue weighted by Gasteiger charge is -2.16. The van der Waals surface area contributed by atoms with Crippen molar-refractivity contribution in [1.29, 1.82) is 0 Å². The first-order valence-corrected chi connectivity index (χ1v) is 11.5. The first-order valence-electron chi connectivity index (χ1n) is 9.26. The van der Waals surface area contributed by atoms with Crippen LogP contribution in [-0.4, -0.2) is 27.1 Å². The molecular formula is C22H19ClN2O4S. The minimum Gasteiger partial charge on any atom is -0.454 e. The fourth-order valence-corrected chi connectivity index (χ4v) is 4.49. The predicted molar refractivity (Wildman–Crippen MR) is 118 cm³/mol. The Kier molecular flexibility index (Phi) is 5.40. The number of amides is 1. The van der Waals surface area contributed by atoms with Crippen molar-refractivity contribution in [1.82, 2.24) is 0 Å². The molecule has 1 N–H and O–H groups in total. The molecule has 0 fully saturated rings. The topological polar surface area (TPSA) is 75.7 Å². The van der Waals surface area contributed by atoms with Gasteiger partial charge in [0.1, 0.15) is 5.75 Å². The molecule has 1 aliphatic heterocycles. The van der Waals surface area contributed by atoms with Gasteiger partial charge in [0.05, 0.1) is 22.7 Å². The molecule has 3 aromatic rings. The summed E-state index contributed by atoms with van der Waals surface area (Å²) in [5.41, 5.74) is 2.39. The zero-order valence-corrected chi connectivity index (χ0v) is 17.7. The number of fused-ring (bicyclic) bond motifs is 1. The van der Waals surface area contributed by atoms with Gasteiger partial charge >= 0.3 is 0 Å². The highest BCUT2D eigenvalue weighted by molar-refractivity contribution is 7.92. The van der Waals surface area contributed by atoms with E-state index in [4.69, 9.17) is 16.3 Å². The van der Waals surface area contributed by atoms with Gasteiger partial charge in [0.2, 0.25) is 10.0 Å². The Morgan fingerprint density at radius 3 is 2.47 bits per heavy atom. The highest BCUT2D eigenvalue weighted by Crippen LogP contribution is 2.34. The SMILES string of the molecule is CS(=O)(=O)N1CCc2cc(C(=O)Nc3ccccc3Oc3ccccc3Cl)ccc21. The van der Waals surface area contributed by atoms with E-state index in [0.717, 1.165) is 5.56 Å². The molecule has 4 rings (SSSR count). The van der Waals surface area contributed by atoms with Crippen molar-refractivity contribution in [2.24, 2.45) is 0 Å². The number of anilines is 2. The van der Waals surface area contributed by atoms with Crippen molar-refractivity contribution in [3.05, 3.63) is 82.9 Å². The molecule has 3 aromatic carbocycles. The van der Waals surface area contributed by atoms with Gasteiger partial charge in [-0.3, -0.25) is 9.10 Å². The van der Waals surface area contributed by atoms with Crippen molar-refractivity contribution >= 4 is 38.9 Å². The second-order valence-electron chi connectivity index (χ2n) is 6.91. The molecule has 0 spiro atoms. The molecule has 0 radical (unpaired) electrons. The minimum absolute atomic E-state index is 0.314. The standard InChI is InChI=1S/C22H19ClN2O4S/c1-30(27,28)25-13-12-15-14-16(10-11-19(15)25)22(26)24-18-7-3-5-9-21(18)29-20-8-4-2-6-17(20)23/h2-11,14H,12-13H2,1H3,(H,24,26). The third kappa shape index (κ3) is 4.13. The van der Waals surface area contributed by atoms with Crippen molar-refractivity contribution in [3.63, 3.8) is 0 Å². The van der Waals surface area contributed by atoms with Gasteiger partial charge in [-0.15, -0.1) is 0 Å². The number of hydrogen-bond acceptors (Lipinski definition) is 4. The molecule has 0 aliphatic carbocycles. The molecule has 30 heavy (non-hydrogen) atoms. The average Bonchev–Trinajstić information content (AvgIpc) is 3.15. The summed E-state index contributed by atoms with van der Waals surface area (Å²) in [6.07, 6.45) is 1.74. The summed E-state index contributed by atoms with van der Waals surface area (Å²) in [6.45, 7) is 0.383. The van der Waals surface area contributed by atoms with Crippen LogP contribution in [0.25, 0.3) is 0 Å². The molecule has 154 valence electrons. The summed E-state index contributed by atoms with van der Waals surface area (Å²) >= 11 is 6.17. The molecule has 8 heteroatoms. The monoisotopic (exact) mass is 442 g/mol.